The van der Waals surface area contributed by atoms with Gasteiger partial charge in [0.05, 0.1) is 5.69 Å². The molecule has 5 rings (SSSR count). The van der Waals surface area contributed by atoms with E-state index in [0.29, 0.717) is 12.2 Å². The number of amides is 1. The maximum absolute atomic E-state index is 13.3. The highest BCUT2D eigenvalue weighted by Crippen LogP contribution is 2.27. The SMILES string of the molecule is O=C(NCc1ccc(-n2ccnc2)nc1)c1nn(-c2ccc(F)cc2)c2c1CCCC2. The van der Waals surface area contributed by atoms with E-state index in [1.54, 1.807) is 35.5 Å². The van der Waals surface area contributed by atoms with E-state index >= 15 is 0 Å². The summed E-state index contributed by atoms with van der Waals surface area (Å²) in [6, 6.07) is 10.0. The predicted octanol–water partition coefficient (Wildman–Crippen LogP) is 3.40. The van der Waals surface area contributed by atoms with E-state index in [1.807, 2.05) is 22.9 Å². The molecule has 1 N–H and O–H groups in total. The molecule has 1 aromatic carbocycles. The Morgan fingerprint density at radius 3 is 2.68 bits per heavy atom. The van der Waals surface area contributed by atoms with Gasteiger partial charge in [-0.1, -0.05) is 6.07 Å². The molecule has 156 valence electrons. The zero-order chi connectivity index (χ0) is 21.2. The molecule has 8 heteroatoms. The molecule has 1 aliphatic rings. The van der Waals surface area contributed by atoms with Gasteiger partial charge in [-0.25, -0.2) is 19.0 Å². The Hall–Kier alpha value is -3.81. The van der Waals surface area contributed by atoms with Crippen LogP contribution in [0.1, 0.15) is 40.2 Å². The second-order valence-electron chi connectivity index (χ2n) is 7.55. The standard InChI is InChI=1S/C23H21FN6O/c24-17-6-8-18(9-7-17)30-20-4-2-1-3-19(20)22(28-30)23(31)27-14-16-5-10-21(26-13-16)29-12-11-25-15-29/h5-13,15H,1-4,14H2,(H,27,31). The summed E-state index contributed by atoms with van der Waals surface area (Å²) in [7, 11) is 0. The van der Waals surface area contributed by atoms with E-state index in [1.165, 1.54) is 12.1 Å². The molecule has 0 unspecified atom stereocenters. The van der Waals surface area contributed by atoms with E-state index in [-0.39, 0.29) is 11.7 Å². The van der Waals surface area contributed by atoms with Crippen molar-refractivity contribution < 1.29 is 9.18 Å². The average Bonchev–Trinajstić information content (AvgIpc) is 3.47. The zero-order valence-corrected chi connectivity index (χ0v) is 16.8. The number of fused-ring (bicyclic) bond motifs is 1. The molecule has 3 heterocycles. The number of benzene rings is 1. The lowest BCUT2D eigenvalue weighted by Crippen LogP contribution is -2.24. The molecule has 0 spiro atoms. The summed E-state index contributed by atoms with van der Waals surface area (Å²) in [5, 5.41) is 7.57. The molecular formula is C23H21FN6O. The van der Waals surface area contributed by atoms with Crippen LogP contribution in [0.15, 0.2) is 61.3 Å². The normalized spacial score (nSPS) is 13.1. The van der Waals surface area contributed by atoms with Crippen molar-refractivity contribution in [1.82, 2.24) is 29.6 Å². The Labute approximate surface area is 178 Å². The minimum atomic E-state index is -0.296. The highest BCUT2D eigenvalue weighted by atomic mass is 19.1. The first-order valence-corrected chi connectivity index (χ1v) is 10.3. The molecule has 1 aliphatic carbocycles. The maximum atomic E-state index is 13.3. The van der Waals surface area contributed by atoms with Crippen LogP contribution in [0.3, 0.4) is 0 Å². The molecule has 1 amide bonds. The number of imidazole rings is 1. The maximum Gasteiger partial charge on any atom is 0.272 e. The van der Waals surface area contributed by atoms with Crippen molar-refractivity contribution >= 4 is 5.91 Å². The van der Waals surface area contributed by atoms with Gasteiger partial charge in [-0.3, -0.25) is 9.36 Å². The fraction of sp³-hybridized carbons (Fsp3) is 0.217. The van der Waals surface area contributed by atoms with Crippen LogP contribution in [0.25, 0.3) is 11.5 Å². The molecule has 0 radical (unpaired) electrons. The third-order valence-corrected chi connectivity index (χ3v) is 5.50. The molecule has 3 aromatic heterocycles. The molecular weight excluding hydrogens is 395 g/mol. The number of pyridine rings is 1. The molecule has 0 atom stereocenters. The van der Waals surface area contributed by atoms with Crippen molar-refractivity contribution in [2.24, 2.45) is 0 Å². The Morgan fingerprint density at radius 1 is 1.10 bits per heavy atom. The summed E-state index contributed by atoms with van der Waals surface area (Å²) < 4.78 is 16.9. The van der Waals surface area contributed by atoms with Crippen molar-refractivity contribution in [2.45, 2.75) is 32.2 Å². The van der Waals surface area contributed by atoms with Gasteiger partial charge < -0.3 is 5.32 Å². The van der Waals surface area contributed by atoms with Crippen molar-refractivity contribution in [2.75, 3.05) is 0 Å². The van der Waals surface area contributed by atoms with Gasteiger partial charge in [-0.15, -0.1) is 0 Å². The Bertz CT molecular complexity index is 1200. The van der Waals surface area contributed by atoms with Crippen molar-refractivity contribution in [1.29, 1.82) is 0 Å². The average molecular weight is 416 g/mol. The van der Waals surface area contributed by atoms with E-state index < -0.39 is 0 Å². The molecule has 4 aromatic rings. The number of nitrogens with zero attached hydrogens (tertiary/aromatic N) is 5. The van der Waals surface area contributed by atoms with Crippen LogP contribution in [0.2, 0.25) is 0 Å². The largest absolute Gasteiger partial charge is 0.346 e. The van der Waals surface area contributed by atoms with Crippen LogP contribution in [0.4, 0.5) is 4.39 Å². The second kappa shape index (κ2) is 8.14. The molecule has 0 aliphatic heterocycles. The van der Waals surface area contributed by atoms with Crippen LogP contribution < -0.4 is 5.32 Å². The molecule has 0 saturated heterocycles. The first kappa shape index (κ1) is 19.2. The fourth-order valence-corrected chi connectivity index (χ4v) is 3.91. The lowest BCUT2D eigenvalue weighted by molar-refractivity contribution is 0.0944. The summed E-state index contributed by atoms with van der Waals surface area (Å²) in [6.07, 6.45) is 10.7. The fourth-order valence-electron chi connectivity index (χ4n) is 3.91. The van der Waals surface area contributed by atoms with Crippen LogP contribution in [-0.4, -0.2) is 30.2 Å². The van der Waals surface area contributed by atoms with Gasteiger partial charge in [-0.05, 0) is 61.6 Å². The van der Waals surface area contributed by atoms with Crippen LogP contribution in [0, 0.1) is 5.82 Å². The number of hydrogen-bond acceptors (Lipinski definition) is 4. The van der Waals surface area contributed by atoms with Gasteiger partial charge >= 0.3 is 0 Å². The topological polar surface area (TPSA) is 77.6 Å². The van der Waals surface area contributed by atoms with E-state index in [9.17, 15) is 9.18 Å². The zero-order valence-electron chi connectivity index (χ0n) is 16.8. The van der Waals surface area contributed by atoms with E-state index in [2.05, 4.69) is 20.4 Å². The molecule has 7 nitrogen and oxygen atoms in total. The number of nitrogens with one attached hydrogen (secondary N) is 1. The predicted molar refractivity (Wildman–Crippen MR) is 113 cm³/mol. The minimum Gasteiger partial charge on any atom is -0.346 e. The van der Waals surface area contributed by atoms with Gasteiger partial charge in [0.2, 0.25) is 0 Å². The highest BCUT2D eigenvalue weighted by Gasteiger charge is 2.25. The number of aromatic nitrogens is 5. The Kier molecular flexibility index (Phi) is 5.03. The molecule has 0 saturated carbocycles. The summed E-state index contributed by atoms with van der Waals surface area (Å²) in [6.45, 7) is 0.355. The number of carbonyl (C=O) groups excluding carboxylic acids is 1. The summed E-state index contributed by atoms with van der Waals surface area (Å²) in [5.41, 5.74) is 4.12. The van der Waals surface area contributed by atoms with Gasteiger partial charge in [0.1, 0.15) is 18.0 Å². The van der Waals surface area contributed by atoms with Gasteiger partial charge in [0.15, 0.2) is 5.69 Å². The number of hydrogen-bond donors (Lipinski definition) is 1. The number of carbonyl (C=O) groups is 1. The monoisotopic (exact) mass is 416 g/mol. The van der Waals surface area contributed by atoms with Crippen molar-refractivity contribution in [3.05, 3.63) is 89.6 Å². The van der Waals surface area contributed by atoms with E-state index in [0.717, 1.165) is 54.0 Å². The molecule has 0 fully saturated rings. The highest BCUT2D eigenvalue weighted by molar-refractivity contribution is 5.94. The van der Waals surface area contributed by atoms with Crippen molar-refractivity contribution in [3.63, 3.8) is 0 Å². The second-order valence-corrected chi connectivity index (χ2v) is 7.55. The van der Waals surface area contributed by atoms with Crippen molar-refractivity contribution in [3.8, 4) is 11.5 Å². The Balaban J connectivity index is 1.35. The van der Waals surface area contributed by atoms with E-state index in [4.69, 9.17) is 0 Å². The van der Waals surface area contributed by atoms with Crippen LogP contribution in [-0.2, 0) is 19.4 Å². The minimum absolute atomic E-state index is 0.210. The molecule has 0 bridgehead atoms. The third-order valence-electron chi connectivity index (χ3n) is 5.50. The number of halogens is 1. The molecule has 31 heavy (non-hydrogen) atoms. The van der Waals surface area contributed by atoms with Crippen LogP contribution >= 0.6 is 0 Å². The third kappa shape index (κ3) is 3.84. The summed E-state index contributed by atoms with van der Waals surface area (Å²) in [5.74, 6) is 0.257. The lowest BCUT2D eigenvalue weighted by atomic mass is 9.95. The van der Waals surface area contributed by atoms with Gasteiger partial charge in [-0.2, -0.15) is 5.10 Å². The smallest absolute Gasteiger partial charge is 0.272 e. The van der Waals surface area contributed by atoms with Gasteiger partial charge in [0, 0.05) is 36.4 Å². The first-order chi connectivity index (χ1) is 15.2. The van der Waals surface area contributed by atoms with Gasteiger partial charge in [0.25, 0.3) is 5.91 Å². The quantitative estimate of drug-likeness (QED) is 0.541. The lowest BCUT2D eigenvalue weighted by Gasteiger charge is -2.14. The summed E-state index contributed by atoms with van der Waals surface area (Å²) in [4.78, 5) is 21.4. The summed E-state index contributed by atoms with van der Waals surface area (Å²) >= 11 is 0. The van der Waals surface area contributed by atoms with Crippen LogP contribution in [0.5, 0.6) is 0 Å². The number of rotatable bonds is 5. The first-order valence-electron chi connectivity index (χ1n) is 10.3. The Morgan fingerprint density at radius 2 is 1.94 bits per heavy atom.